The Labute approximate surface area is 167 Å². The van der Waals surface area contributed by atoms with Crippen molar-refractivity contribution in [3.63, 3.8) is 0 Å². The second-order valence-electron chi connectivity index (χ2n) is 7.37. The van der Waals surface area contributed by atoms with Crippen LogP contribution in [0.1, 0.15) is 62.4 Å². The van der Waals surface area contributed by atoms with Gasteiger partial charge in [0.2, 0.25) is 0 Å². The first-order valence-electron chi connectivity index (χ1n) is 9.62. The van der Waals surface area contributed by atoms with Crippen molar-refractivity contribution in [1.29, 1.82) is 0 Å². The lowest BCUT2D eigenvalue weighted by Crippen LogP contribution is -2.22. The topological polar surface area (TPSA) is 46.5 Å². The lowest BCUT2D eigenvalue weighted by atomic mass is 9.82. The fourth-order valence-electron chi connectivity index (χ4n) is 2.96. The van der Waals surface area contributed by atoms with Crippen LogP contribution in [0.4, 0.5) is 0 Å². The van der Waals surface area contributed by atoms with E-state index in [1.807, 2.05) is 11.8 Å². The molecule has 27 heavy (non-hydrogen) atoms. The summed E-state index contributed by atoms with van der Waals surface area (Å²) >= 11 is 1.99. The van der Waals surface area contributed by atoms with Crippen molar-refractivity contribution in [1.82, 2.24) is 0 Å². The molecule has 0 saturated carbocycles. The molecule has 1 aliphatic rings. The third-order valence-electron chi connectivity index (χ3n) is 4.70. The lowest BCUT2D eigenvalue weighted by molar-refractivity contribution is 0.0696. The van der Waals surface area contributed by atoms with Crippen LogP contribution in [0.2, 0.25) is 0 Å². The van der Waals surface area contributed by atoms with Gasteiger partial charge in [-0.15, -0.1) is 11.8 Å². The predicted molar refractivity (Wildman–Crippen MR) is 113 cm³/mol. The fourth-order valence-corrected chi connectivity index (χ4v) is 4.47. The number of hydrogen-bond acceptors (Lipinski definition) is 3. The first-order chi connectivity index (χ1) is 12.9. The minimum atomic E-state index is -0.922. The van der Waals surface area contributed by atoms with Crippen molar-refractivity contribution >= 4 is 17.7 Å². The zero-order valence-corrected chi connectivity index (χ0v) is 17.3. The predicted octanol–water partition coefficient (Wildman–Crippen LogP) is 6.41. The lowest BCUT2D eigenvalue weighted by Gasteiger charge is -2.31. The summed E-state index contributed by atoms with van der Waals surface area (Å²) in [6.07, 6.45) is 4.60. The maximum absolute atomic E-state index is 10.7. The van der Waals surface area contributed by atoms with Gasteiger partial charge in [0.25, 0.3) is 0 Å². The summed E-state index contributed by atoms with van der Waals surface area (Å²) in [6, 6.07) is 15.4. The number of rotatable bonds is 6. The number of benzene rings is 2. The molecule has 0 atom stereocenters. The highest BCUT2D eigenvalue weighted by atomic mass is 32.2. The fraction of sp³-hybridized carbons (Fsp3) is 0.435. The standard InChI is InChI=1S/C12H16O3.C11H14S/c1-2-3-4-8-15-11-7-5-6-10(9-11)12(13)14;1-11(2)7-8-12-10-6-4-3-5-9(10)11/h5-7,9H,2-4,8H2,1H3,(H,13,14);3-6H,7-8H2,1-2H3. The molecule has 0 amide bonds. The molecule has 0 saturated heterocycles. The molecule has 4 heteroatoms. The van der Waals surface area contributed by atoms with E-state index in [1.165, 1.54) is 22.6 Å². The molecule has 1 heterocycles. The van der Waals surface area contributed by atoms with Crippen molar-refractivity contribution in [2.24, 2.45) is 0 Å². The molecule has 3 rings (SSSR count). The molecule has 0 bridgehead atoms. The van der Waals surface area contributed by atoms with Gasteiger partial charge in [0, 0.05) is 4.90 Å². The van der Waals surface area contributed by atoms with Gasteiger partial charge in [-0.25, -0.2) is 4.79 Å². The number of aromatic carboxylic acids is 1. The van der Waals surface area contributed by atoms with Gasteiger partial charge in [-0.1, -0.05) is 57.9 Å². The second kappa shape index (κ2) is 10.4. The normalized spacial score (nSPS) is 14.5. The number of fused-ring (bicyclic) bond motifs is 1. The van der Waals surface area contributed by atoms with E-state index in [4.69, 9.17) is 9.84 Å². The average Bonchev–Trinajstić information content (AvgIpc) is 2.66. The molecule has 146 valence electrons. The first-order valence-corrected chi connectivity index (χ1v) is 10.6. The summed E-state index contributed by atoms with van der Waals surface area (Å²) in [7, 11) is 0. The Morgan fingerprint density at radius 3 is 2.63 bits per heavy atom. The molecule has 1 aliphatic heterocycles. The number of ether oxygens (including phenoxy) is 1. The maximum Gasteiger partial charge on any atom is 0.335 e. The van der Waals surface area contributed by atoms with Gasteiger partial charge in [0.05, 0.1) is 12.2 Å². The Bertz CT molecular complexity index is 740. The number of thioether (sulfide) groups is 1. The third-order valence-corrected chi connectivity index (χ3v) is 5.77. The molecular weight excluding hydrogens is 356 g/mol. The van der Waals surface area contributed by atoms with Gasteiger partial charge < -0.3 is 9.84 Å². The number of carboxylic acid groups (broad SMARTS) is 1. The minimum absolute atomic E-state index is 0.267. The van der Waals surface area contributed by atoms with Crippen LogP contribution in [-0.2, 0) is 5.41 Å². The zero-order valence-electron chi connectivity index (χ0n) is 16.5. The molecule has 2 aromatic carbocycles. The monoisotopic (exact) mass is 386 g/mol. The van der Waals surface area contributed by atoms with E-state index in [9.17, 15) is 4.79 Å². The van der Waals surface area contributed by atoms with Crippen LogP contribution in [0.15, 0.2) is 53.4 Å². The third kappa shape index (κ3) is 6.62. The molecule has 0 unspecified atom stereocenters. The number of carboxylic acids is 1. The number of unbranched alkanes of at least 4 members (excludes halogenated alkanes) is 2. The van der Waals surface area contributed by atoms with E-state index in [-0.39, 0.29) is 5.56 Å². The molecule has 0 aromatic heterocycles. The summed E-state index contributed by atoms with van der Waals surface area (Å²) < 4.78 is 5.44. The van der Waals surface area contributed by atoms with Crippen molar-refractivity contribution in [3.8, 4) is 5.75 Å². The van der Waals surface area contributed by atoms with Crippen LogP contribution in [0, 0.1) is 0 Å². The van der Waals surface area contributed by atoms with Gasteiger partial charge in [-0.05, 0) is 53.8 Å². The Morgan fingerprint density at radius 2 is 1.93 bits per heavy atom. The quantitative estimate of drug-likeness (QED) is 0.582. The number of hydrogen-bond donors (Lipinski definition) is 1. The molecule has 0 fully saturated rings. The van der Waals surface area contributed by atoms with Crippen LogP contribution < -0.4 is 4.74 Å². The Balaban J connectivity index is 0.000000198. The van der Waals surface area contributed by atoms with Crippen LogP contribution >= 0.6 is 11.8 Å². The van der Waals surface area contributed by atoms with Crippen LogP contribution in [0.3, 0.4) is 0 Å². The second-order valence-corrected chi connectivity index (χ2v) is 8.50. The van der Waals surface area contributed by atoms with Gasteiger partial charge in [-0.2, -0.15) is 0 Å². The van der Waals surface area contributed by atoms with Crippen molar-refractivity contribution in [3.05, 3.63) is 59.7 Å². The smallest absolute Gasteiger partial charge is 0.335 e. The van der Waals surface area contributed by atoms with E-state index in [0.717, 1.165) is 19.3 Å². The Hall–Kier alpha value is -1.94. The molecule has 1 N–H and O–H groups in total. The van der Waals surface area contributed by atoms with E-state index >= 15 is 0 Å². The Kier molecular flexibility index (Phi) is 8.23. The van der Waals surface area contributed by atoms with Gasteiger partial charge in [0.15, 0.2) is 0 Å². The first kappa shape index (κ1) is 21.4. The SMILES string of the molecule is CC1(C)CCSc2ccccc21.CCCCCOc1cccc(C(=O)O)c1. The van der Waals surface area contributed by atoms with Gasteiger partial charge >= 0.3 is 5.97 Å². The summed E-state index contributed by atoms with van der Waals surface area (Å²) in [5.41, 5.74) is 2.19. The minimum Gasteiger partial charge on any atom is -0.494 e. The molecule has 0 spiro atoms. The number of carbonyl (C=O) groups is 1. The zero-order chi connectivity index (χ0) is 19.7. The van der Waals surface area contributed by atoms with E-state index < -0.39 is 5.97 Å². The molecule has 0 aliphatic carbocycles. The highest BCUT2D eigenvalue weighted by Crippen LogP contribution is 2.40. The summed E-state index contributed by atoms with van der Waals surface area (Å²) in [5, 5.41) is 8.76. The molecule has 0 radical (unpaired) electrons. The summed E-state index contributed by atoms with van der Waals surface area (Å²) in [6.45, 7) is 7.46. The largest absolute Gasteiger partial charge is 0.494 e. The van der Waals surface area contributed by atoms with Crippen LogP contribution in [0.25, 0.3) is 0 Å². The molecule has 3 nitrogen and oxygen atoms in total. The van der Waals surface area contributed by atoms with Crippen molar-refractivity contribution in [2.75, 3.05) is 12.4 Å². The highest BCUT2D eigenvalue weighted by molar-refractivity contribution is 7.99. The average molecular weight is 387 g/mol. The van der Waals surface area contributed by atoms with Gasteiger partial charge in [-0.3, -0.25) is 0 Å². The van der Waals surface area contributed by atoms with Crippen LogP contribution in [0.5, 0.6) is 5.75 Å². The van der Waals surface area contributed by atoms with E-state index in [2.05, 4.69) is 45.0 Å². The van der Waals surface area contributed by atoms with Gasteiger partial charge in [0.1, 0.15) is 5.75 Å². The molecule has 2 aromatic rings. The van der Waals surface area contributed by atoms with E-state index in [0.29, 0.717) is 17.8 Å². The molecular formula is C23H30O3S. The summed E-state index contributed by atoms with van der Waals surface area (Å²) in [5.74, 6) is 0.976. The van der Waals surface area contributed by atoms with Crippen LogP contribution in [-0.4, -0.2) is 23.4 Å². The summed E-state index contributed by atoms with van der Waals surface area (Å²) in [4.78, 5) is 12.2. The maximum atomic E-state index is 10.7. The van der Waals surface area contributed by atoms with Crippen molar-refractivity contribution in [2.45, 2.75) is 56.8 Å². The van der Waals surface area contributed by atoms with Crippen molar-refractivity contribution < 1.29 is 14.6 Å². The highest BCUT2D eigenvalue weighted by Gasteiger charge is 2.26. The Morgan fingerprint density at radius 1 is 1.15 bits per heavy atom. The van der Waals surface area contributed by atoms with E-state index in [1.54, 1.807) is 24.3 Å².